The monoisotopic (exact) mass is 399 g/mol. The third kappa shape index (κ3) is 6.95. The highest BCUT2D eigenvalue weighted by molar-refractivity contribution is 5.96. The quantitative estimate of drug-likeness (QED) is 0.651. The van der Waals surface area contributed by atoms with E-state index in [1.807, 2.05) is 0 Å². The fourth-order valence-electron chi connectivity index (χ4n) is 2.30. The van der Waals surface area contributed by atoms with E-state index >= 15 is 0 Å². The number of rotatable bonds is 6. The molecule has 2 aromatic rings. The normalized spacial score (nSPS) is 11.2. The highest BCUT2D eigenvalue weighted by atomic mass is 19.4. The second kappa shape index (κ2) is 9.27. The lowest BCUT2D eigenvalue weighted by molar-refractivity contribution is -0.176. The molecule has 0 aliphatic heterocycles. The van der Waals surface area contributed by atoms with Crippen LogP contribution in [-0.4, -0.2) is 24.7 Å². The van der Waals surface area contributed by atoms with Gasteiger partial charge >= 0.3 is 12.2 Å². The molecule has 10 heteroatoms. The molecule has 0 aliphatic rings. The number of benzene rings is 1. The largest absolute Gasteiger partial charge is 0.466 e. The van der Waals surface area contributed by atoms with Crippen molar-refractivity contribution >= 4 is 11.9 Å². The van der Waals surface area contributed by atoms with Crippen LogP contribution in [0.3, 0.4) is 0 Å². The average Bonchev–Trinajstić information content (AvgIpc) is 2.96. The van der Waals surface area contributed by atoms with Crippen LogP contribution in [0.15, 0.2) is 34.7 Å². The third-order valence-electron chi connectivity index (χ3n) is 3.59. The number of carbonyl (C=O) groups excluding carboxylic acids is 2. The molecule has 1 aromatic heterocycles. The third-order valence-corrected chi connectivity index (χ3v) is 3.59. The minimum absolute atomic E-state index is 0.160. The van der Waals surface area contributed by atoms with Gasteiger partial charge in [-0.1, -0.05) is 24.3 Å². The van der Waals surface area contributed by atoms with Crippen molar-refractivity contribution in [2.75, 3.05) is 6.61 Å². The van der Waals surface area contributed by atoms with Gasteiger partial charge in [-0.2, -0.15) is 13.2 Å². The van der Waals surface area contributed by atoms with Crippen LogP contribution in [0.2, 0.25) is 0 Å². The minimum atomic E-state index is -4.36. The molecule has 0 atom stereocenters. The van der Waals surface area contributed by atoms with E-state index in [9.17, 15) is 22.8 Å². The zero-order chi connectivity index (χ0) is 20.7. The number of ether oxygens (including phenoxy) is 1. The summed E-state index contributed by atoms with van der Waals surface area (Å²) in [5, 5.41) is 2.54. The molecule has 0 unspecified atom stereocenters. The number of amides is 3. The lowest BCUT2D eigenvalue weighted by atomic mass is 10.1. The molecule has 0 radical (unpaired) electrons. The van der Waals surface area contributed by atoms with Crippen molar-refractivity contribution < 1.29 is 31.9 Å². The van der Waals surface area contributed by atoms with Gasteiger partial charge in [-0.05, 0) is 31.0 Å². The number of halogens is 3. The molecular weight excluding hydrogens is 379 g/mol. The van der Waals surface area contributed by atoms with Crippen molar-refractivity contribution in [1.82, 2.24) is 16.2 Å². The Morgan fingerprint density at radius 1 is 1.07 bits per heavy atom. The number of carbonyl (C=O) groups is 2. The number of nitrogens with one attached hydrogen (secondary N) is 3. The topological polar surface area (TPSA) is 92.6 Å². The number of hydrazine groups is 1. The highest BCUT2D eigenvalue weighted by Gasteiger charge is 2.27. The first-order valence-corrected chi connectivity index (χ1v) is 8.27. The number of hydrogen-bond acceptors (Lipinski definition) is 4. The van der Waals surface area contributed by atoms with Gasteiger partial charge in [0.1, 0.15) is 18.1 Å². The number of hydrogen-bond donors (Lipinski definition) is 3. The standard InChI is InChI=1S/C18H20F3N3O4/c1-11-7-15(12(2)28-11)16(25)23-24-17(26)22-8-13-3-5-14(6-4-13)9-27-10-18(19,20)21/h3-7H,8-10H2,1-2H3,(H,23,25)(H2,22,24,26). The number of aryl methyl sites for hydroxylation is 2. The van der Waals surface area contributed by atoms with E-state index in [0.717, 1.165) is 5.56 Å². The highest BCUT2D eigenvalue weighted by Crippen LogP contribution is 2.16. The Morgan fingerprint density at radius 2 is 1.71 bits per heavy atom. The number of alkyl halides is 3. The van der Waals surface area contributed by atoms with E-state index < -0.39 is 24.7 Å². The zero-order valence-electron chi connectivity index (χ0n) is 15.3. The van der Waals surface area contributed by atoms with Gasteiger partial charge < -0.3 is 14.5 Å². The van der Waals surface area contributed by atoms with Crippen LogP contribution in [-0.2, 0) is 17.9 Å². The maximum atomic E-state index is 12.0. The molecule has 0 aliphatic carbocycles. The van der Waals surface area contributed by atoms with Crippen LogP contribution < -0.4 is 16.2 Å². The summed E-state index contributed by atoms with van der Waals surface area (Å²) in [6.45, 7) is 2.04. The van der Waals surface area contributed by atoms with Crippen molar-refractivity contribution in [1.29, 1.82) is 0 Å². The lowest BCUT2D eigenvalue weighted by Crippen LogP contribution is -2.46. The summed E-state index contributed by atoms with van der Waals surface area (Å²) in [4.78, 5) is 23.7. The molecule has 0 bridgehead atoms. The van der Waals surface area contributed by atoms with Crippen molar-refractivity contribution in [3.63, 3.8) is 0 Å². The van der Waals surface area contributed by atoms with Crippen molar-refractivity contribution in [2.45, 2.75) is 33.2 Å². The Balaban J connectivity index is 1.72. The molecule has 2 rings (SSSR count). The van der Waals surface area contributed by atoms with E-state index in [2.05, 4.69) is 20.9 Å². The van der Waals surface area contributed by atoms with Gasteiger partial charge in [0, 0.05) is 6.54 Å². The summed E-state index contributed by atoms with van der Waals surface area (Å²) in [5.74, 6) is 0.517. The first kappa shape index (κ1) is 21.3. The second-order valence-corrected chi connectivity index (χ2v) is 6.01. The first-order chi connectivity index (χ1) is 13.1. The van der Waals surface area contributed by atoms with E-state index in [4.69, 9.17) is 4.42 Å². The molecule has 0 fully saturated rings. The first-order valence-electron chi connectivity index (χ1n) is 8.27. The van der Waals surface area contributed by atoms with E-state index in [0.29, 0.717) is 22.6 Å². The maximum absolute atomic E-state index is 12.0. The van der Waals surface area contributed by atoms with Gasteiger partial charge in [-0.25, -0.2) is 10.2 Å². The maximum Gasteiger partial charge on any atom is 0.411 e. The molecule has 1 heterocycles. The van der Waals surface area contributed by atoms with Crippen LogP contribution in [0.1, 0.15) is 33.0 Å². The van der Waals surface area contributed by atoms with Gasteiger partial charge in [0.15, 0.2) is 0 Å². The molecule has 7 nitrogen and oxygen atoms in total. The Morgan fingerprint density at radius 3 is 2.29 bits per heavy atom. The smallest absolute Gasteiger partial charge is 0.411 e. The fraction of sp³-hybridized carbons (Fsp3) is 0.333. The molecule has 0 saturated heterocycles. The Hall–Kier alpha value is -3.01. The predicted molar refractivity (Wildman–Crippen MR) is 93.2 cm³/mol. The van der Waals surface area contributed by atoms with E-state index in [-0.39, 0.29) is 13.2 Å². The lowest BCUT2D eigenvalue weighted by Gasteiger charge is -2.10. The van der Waals surface area contributed by atoms with Crippen LogP contribution in [0.4, 0.5) is 18.0 Å². The van der Waals surface area contributed by atoms with Crippen molar-refractivity contribution in [2.24, 2.45) is 0 Å². The summed E-state index contributed by atoms with van der Waals surface area (Å²) in [7, 11) is 0. The zero-order valence-corrected chi connectivity index (χ0v) is 15.3. The SMILES string of the molecule is Cc1cc(C(=O)NNC(=O)NCc2ccc(COCC(F)(F)F)cc2)c(C)o1. The van der Waals surface area contributed by atoms with E-state index in [1.54, 1.807) is 44.2 Å². The van der Waals surface area contributed by atoms with Crippen LogP contribution in [0.25, 0.3) is 0 Å². The molecule has 3 N–H and O–H groups in total. The molecule has 1 aromatic carbocycles. The summed E-state index contributed by atoms with van der Waals surface area (Å²) in [6.07, 6.45) is -4.36. The van der Waals surface area contributed by atoms with Gasteiger partial charge in [0.05, 0.1) is 12.2 Å². The van der Waals surface area contributed by atoms with Gasteiger partial charge in [0.25, 0.3) is 5.91 Å². The Bertz CT molecular complexity index is 816. The Kier molecular flexibility index (Phi) is 7.05. The molecule has 3 amide bonds. The molecule has 28 heavy (non-hydrogen) atoms. The van der Waals surface area contributed by atoms with E-state index in [1.165, 1.54) is 0 Å². The average molecular weight is 399 g/mol. The minimum Gasteiger partial charge on any atom is -0.466 e. The Labute approximate surface area is 159 Å². The van der Waals surface area contributed by atoms with Gasteiger partial charge in [-0.15, -0.1) is 0 Å². The molecule has 152 valence electrons. The van der Waals surface area contributed by atoms with Crippen molar-refractivity contribution in [3.8, 4) is 0 Å². The van der Waals surface area contributed by atoms with Crippen molar-refractivity contribution in [3.05, 3.63) is 58.5 Å². The number of furan rings is 1. The summed E-state index contributed by atoms with van der Waals surface area (Å²) in [6, 6.07) is 7.47. The van der Waals surface area contributed by atoms with Gasteiger partial charge in [0.2, 0.25) is 0 Å². The van der Waals surface area contributed by atoms with Crippen LogP contribution in [0.5, 0.6) is 0 Å². The fourth-order valence-corrected chi connectivity index (χ4v) is 2.30. The van der Waals surface area contributed by atoms with Gasteiger partial charge in [-0.3, -0.25) is 10.2 Å². The van der Waals surface area contributed by atoms with Crippen LogP contribution in [0, 0.1) is 13.8 Å². The summed E-state index contributed by atoms with van der Waals surface area (Å²) in [5.41, 5.74) is 6.11. The second-order valence-electron chi connectivity index (χ2n) is 6.01. The summed E-state index contributed by atoms with van der Waals surface area (Å²) >= 11 is 0. The predicted octanol–water partition coefficient (Wildman–Crippen LogP) is 3.12. The number of urea groups is 1. The van der Waals surface area contributed by atoms with Crippen LogP contribution >= 0.6 is 0 Å². The molecular formula is C18H20F3N3O4. The summed E-state index contributed by atoms with van der Waals surface area (Å²) < 4.78 is 45.9. The molecule has 0 saturated carbocycles. The molecule has 0 spiro atoms.